The first-order chi connectivity index (χ1) is 10.2. The summed E-state index contributed by atoms with van der Waals surface area (Å²) < 4.78 is 0. The van der Waals surface area contributed by atoms with E-state index in [1.165, 1.54) is 24.1 Å². The van der Waals surface area contributed by atoms with Gasteiger partial charge in [-0.2, -0.15) is 0 Å². The lowest BCUT2D eigenvalue weighted by Gasteiger charge is -2.32. The SMILES string of the molecule is NC(CCN1CCCc2ccccc21)c1cccc(Cl)c1. The Kier molecular flexibility index (Phi) is 4.47. The molecule has 2 aromatic rings. The predicted molar refractivity (Wildman–Crippen MR) is 90.0 cm³/mol. The number of rotatable bonds is 4. The second-order valence-corrected chi connectivity index (χ2v) is 6.11. The Bertz CT molecular complexity index is 612. The van der Waals surface area contributed by atoms with Crippen LogP contribution in [0.1, 0.15) is 30.0 Å². The fourth-order valence-electron chi connectivity index (χ4n) is 3.04. The molecule has 0 saturated carbocycles. The van der Waals surface area contributed by atoms with Crippen LogP contribution in [0.2, 0.25) is 5.02 Å². The van der Waals surface area contributed by atoms with Crippen LogP contribution in [0, 0.1) is 0 Å². The maximum atomic E-state index is 6.32. The van der Waals surface area contributed by atoms with Gasteiger partial charge in [-0.15, -0.1) is 0 Å². The monoisotopic (exact) mass is 300 g/mol. The highest BCUT2D eigenvalue weighted by molar-refractivity contribution is 6.30. The molecule has 0 radical (unpaired) electrons. The second-order valence-electron chi connectivity index (χ2n) is 5.67. The van der Waals surface area contributed by atoms with Crippen LogP contribution in [0.5, 0.6) is 0 Å². The average Bonchev–Trinajstić information content (AvgIpc) is 2.52. The van der Waals surface area contributed by atoms with E-state index in [0.29, 0.717) is 0 Å². The maximum Gasteiger partial charge on any atom is 0.0409 e. The molecule has 2 nitrogen and oxygen atoms in total. The largest absolute Gasteiger partial charge is 0.371 e. The maximum absolute atomic E-state index is 6.32. The number of nitrogens with two attached hydrogens (primary N) is 1. The van der Waals surface area contributed by atoms with E-state index >= 15 is 0 Å². The number of hydrogen-bond acceptors (Lipinski definition) is 2. The van der Waals surface area contributed by atoms with Crippen molar-refractivity contribution < 1.29 is 0 Å². The highest BCUT2D eigenvalue weighted by Crippen LogP contribution is 2.28. The van der Waals surface area contributed by atoms with Crippen LogP contribution in [0.4, 0.5) is 5.69 Å². The van der Waals surface area contributed by atoms with Crippen LogP contribution in [0.25, 0.3) is 0 Å². The summed E-state index contributed by atoms with van der Waals surface area (Å²) >= 11 is 6.04. The Hall–Kier alpha value is -1.51. The van der Waals surface area contributed by atoms with Gasteiger partial charge >= 0.3 is 0 Å². The molecule has 21 heavy (non-hydrogen) atoms. The van der Waals surface area contributed by atoms with Gasteiger partial charge in [0.1, 0.15) is 0 Å². The fourth-order valence-corrected chi connectivity index (χ4v) is 3.24. The molecular weight excluding hydrogens is 280 g/mol. The van der Waals surface area contributed by atoms with Gasteiger partial charge in [-0.25, -0.2) is 0 Å². The Labute approximate surface area is 131 Å². The lowest BCUT2D eigenvalue weighted by molar-refractivity contribution is 0.603. The van der Waals surface area contributed by atoms with Gasteiger partial charge in [-0.05, 0) is 48.6 Å². The number of halogens is 1. The van der Waals surface area contributed by atoms with Crippen molar-refractivity contribution in [3.05, 3.63) is 64.7 Å². The van der Waals surface area contributed by atoms with Crippen molar-refractivity contribution >= 4 is 17.3 Å². The summed E-state index contributed by atoms with van der Waals surface area (Å²) in [4.78, 5) is 2.46. The molecule has 0 aromatic heterocycles. The van der Waals surface area contributed by atoms with Crippen molar-refractivity contribution in [2.45, 2.75) is 25.3 Å². The highest BCUT2D eigenvalue weighted by atomic mass is 35.5. The first kappa shape index (κ1) is 14.4. The molecule has 3 heteroatoms. The van der Waals surface area contributed by atoms with Gasteiger partial charge in [0.15, 0.2) is 0 Å². The van der Waals surface area contributed by atoms with E-state index in [4.69, 9.17) is 17.3 Å². The second kappa shape index (κ2) is 6.50. The van der Waals surface area contributed by atoms with Crippen LogP contribution in [-0.2, 0) is 6.42 Å². The number of hydrogen-bond donors (Lipinski definition) is 1. The van der Waals surface area contributed by atoms with E-state index in [9.17, 15) is 0 Å². The molecule has 2 N–H and O–H groups in total. The molecule has 1 aliphatic rings. The zero-order valence-corrected chi connectivity index (χ0v) is 12.9. The van der Waals surface area contributed by atoms with Gasteiger partial charge < -0.3 is 10.6 Å². The fraction of sp³-hybridized carbons (Fsp3) is 0.333. The summed E-state index contributed by atoms with van der Waals surface area (Å²) in [6.45, 7) is 2.12. The zero-order valence-electron chi connectivity index (χ0n) is 12.1. The number of aryl methyl sites for hydroxylation is 1. The smallest absolute Gasteiger partial charge is 0.0409 e. The third kappa shape index (κ3) is 3.39. The van der Waals surface area contributed by atoms with Gasteiger partial charge in [0, 0.05) is 29.8 Å². The number of fused-ring (bicyclic) bond motifs is 1. The molecular formula is C18H21ClN2. The lowest BCUT2D eigenvalue weighted by atomic mass is 10.00. The summed E-state index contributed by atoms with van der Waals surface area (Å²) in [7, 11) is 0. The minimum Gasteiger partial charge on any atom is -0.371 e. The van der Waals surface area contributed by atoms with Crippen molar-refractivity contribution in [3.63, 3.8) is 0 Å². The molecule has 0 bridgehead atoms. The topological polar surface area (TPSA) is 29.3 Å². The van der Waals surface area contributed by atoms with Gasteiger partial charge in [-0.3, -0.25) is 0 Å². The molecule has 0 saturated heterocycles. The molecule has 0 fully saturated rings. The lowest BCUT2D eigenvalue weighted by Crippen LogP contribution is -2.32. The van der Waals surface area contributed by atoms with E-state index < -0.39 is 0 Å². The molecule has 1 heterocycles. The van der Waals surface area contributed by atoms with Crippen LogP contribution >= 0.6 is 11.6 Å². The number of nitrogens with zero attached hydrogens (tertiary/aromatic N) is 1. The number of benzene rings is 2. The quantitative estimate of drug-likeness (QED) is 0.917. The summed E-state index contributed by atoms with van der Waals surface area (Å²) in [6.07, 6.45) is 3.35. The van der Waals surface area contributed by atoms with Gasteiger partial charge in [0.05, 0.1) is 0 Å². The van der Waals surface area contributed by atoms with Crippen LogP contribution in [0.15, 0.2) is 48.5 Å². The minimum atomic E-state index is 0.0396. The molecule has 3 rings (SSSR count). The van der Waals surface area contributed by atoms with E-state index in [-0.39, 0.29) is 6.04 Å². The first-order valence-corrected chi connectivity index (χ1v) is 7.96. The first-order valence-electron chi connectivity index (χ1n) is 7.58. The average molecular weight is 301 g/mol. The molecule has 110 valence electrons. The van der Waals surface area contributed by atoms with Crippen LogP contribution in [0.3, 0.4) is 0 Å². The van der Waals surface area contributed by atoms with Gasteiger partial charge in [-0.1, -0.05) is 41.9 Å². The van der Waals surface area contributed by atoms with Crippen LogP contribution in [-0.4, -0.2) is 13.1 Å². The van der Waals surface area contributed by atoms with Crippen molar-refractivity contribution in [1.29, 1.82) is 0 Å². The third-order valence-corrected chi connectivity index (χ3v) is 4.43. The van der Waals surface area contributed by atoms with Crippen molar-refractivity contribution in [1.82, 2.24) is 0 Å². The van der Waals surface area contributed by atoms with E-state index in [0.717, 1.165) is 30.1 Å². The minimum absolute atomic E-state index is 0.0396. The third-order valence-electron chi connectivity index (χ3n) is 4.19. The van der Waals surface area contributed by atoms with Crippen LogP contribution < -0.4 is 10.6 Å². The van der Waals surface area contributed by atoms with E-state index in [1.807, 2.05) is 18.2 Å². The van der Waals surface area contributed by atoms with Crippen molar-refractivity contribution in [2.75, 3.05) is 18.0 Å². The summed E-state index contributed by atoms with van der Waals surface area (Å²) in [6, 6.07) is 16.6. The predicted octanol–water partition coefficient (Wildman–Crippen LogP) is 4.18. The van der Waals surface area contributed by atoms with E-state index in [1.54, 1.807) is 0 Å². The number of para-hydroxylation sites is 1. The Balaban J connectivity index is 1.66. The number of anilines is 1. The molecule has 0 amide bonds. The Morgan fingerprint density at radius 1 is 1.14 bits per heavy atom. The molecule has 0 spiro atoms. The standard InChI is InChI=1S/C18H21ClN2/c19-16-8-3-6-15(13-16)17(20)10-12-21-11-4-7-14-5-1-2-9-18(14)21/h1-3,5-6,8-9,13,17H,4,7,10-12,20H2. The van der Waals surface area contributed by atoms with Crippen molar-refractivity contribution in [2.24, 2.45) is 5.73 Å². The molecule has 2 aromatic carbocycles. The summed E-state index contributed by atoms with van der Waals surface area (Å²) in [5, 5.41) is 0.756. The molecule has 1 atom stereocenters. The van der Waals surface area contributed by atoms with Gasteiger partial charge in [0.25, 0.3) is 0 Å². The Morgan fingerprint density at radius 2 is 2.00 bits per heavy atom. The van der Waals surface area contributed by atoms with Gasteiger partial charge in [0.2, 0.25) is 0 Å². The Morgan fingerprint density at radius 3 is 2.86 bits per heavy atom. The van der Waals surface area contributed by atoms with E-state index in [2.05, 4.69) is 35.2 Å². The molecule has 0 aliphatic carbocycles. The summed E-state index contributed by atoms with van der Waals surface area (Å²) in [5.74, 6) is 0. The highest BCUT2D eigenvalue weighted by Gasteiger charge is 2.17. The molecule has 1 aliphatic heterocycles. The molecule has 1 unspecified atom stereocenters. The zero-order chi connectivity index (χ0) is 14.7. The summed E-state index contributed by atoms with van der Waals surface area (Å²) in [5.41, 5.74) is 10.3. The normalized spacial score (nSPS) is 15.6. The van der Waals surface area contributed by atoms with Crippen molar-refractivity contribution in [3.8, 4) is 0 Å².